The number of carbonyl (C=O) groups excluding carboxylic acids is 1. The maximum atomic E-state index is 12.1. The van der Waals surface area contributed by atoms with Gasteiger partial charge in [-0.15, -0.1) is 0 Å². The van der Waals surface area contributed by atoms with Crippen molar-refractivity contribution in [1.29, 1.82) is 0 Å². The lowest BCUT2D eigenvalue weighted by atomic mass is 9.79. The summed E-state index contributed by atoms with van der Waals surface area (Å²) in [6.07, 6.45) is 4.66. The molecule has 0 N–H and O–H groups in total. The minimum Gasteiger partial charge on any atom is -0.294 e. The summed E-state index contributed by atoms with van der Waals surface area (Å²) in [5, 5.41) is 0. The highest BCUT2D eigenvalue weighted by Crippen LogP contribution is 2.30. The topological polar surface area (TPSA) is 17.1 Å². The van der Waals surface area contributed by atoms with Crippen LogP contribution in [0.5, 0.6) is 0 Å². The SMILES string of the molecule is CC.CC1CCCC(C(=O)c2ccccc2)C1. The molecule has 1 aliphatic rings. The van der Waals surface area contributed by atoms with Crippen LogP contribution in [-0.4, -0.2) is 5.78 Å². The molecule has 1 aromatic rings. The number of carbonyl (C=O) groups is 1. The second-order valence-electron chi connectivity index (χ2n) is 4.70. The van der Waals surface area contributed by atoms with Gasteiger partial charge in [0.05, 0.1) is 0 Å². The molecule has 0 heterocycles. The first-order valence-electron chi connectivity index (χ1n) is 6.86. The Labute approximate surface area is 105 Å². The Morgan fingerprint density at radius 3 is 2.35 bits per heavy atom. The van der Waals surface area contributed by atoms with Crippen LogP contribution in [-0.2, 0) is 0 Å². The monoisotopic (exact) mass is 232 g/mol. The van der Waals surface area contributed by atoms with E-state index in [1.807, 2.05) is 44.2 Å². The summed E-state index contributed by atoms with van der Waals surface area (Å²) in [5.41, 5.74) is 0.886. The van der Waals surface area contributed by atoms with Gasteiger partial charge in [0.2, 0.25) is 0 Å². The molecule has 0 saturated heterocycles. The molecule has 0 aliphatic heterocycles. The predicted octanol–water partition coefficient (Wildman–Crippen LogP) is 4.72. The predicted molar refractivity (Wildman–Crippen MR) is 73.2 cm³/mol. The second-order valence-corrected chi connectivity index (χ2v) is 4.70. The quantitative estimate of drug-likeness (QED) is 0.674. The fourth-order valence-corrected chi connectivity index (χ4v) is 2.51. The van der Waals surface area contributed by atoms with Crippen LogP contribution in [0.4, 0.5) is 0 Å². The highest BCUT2D eigenvalue weighted by Gasteiger charge is 2.25. The van der Waals surface area contributed by atoms with Gasteiger partial charge >= 0.3 is 0 Å². The zero-order chi connectivity index (χ0) is 12.7. The number of hydrogen-bond acceptors (Lipinski definition) is 1. The van der Waals surface area contributed by atoms with Gasteiger partial charge in [0.25, 0.3) is 0 Å². The summed E-state index contributed by atoms with van der Waals surface area (Å²) in [6, 6.07) is 9.71. The van der Waals surface area contributed by atoms with Crippen LogP contribution in [0.1, 0.15) is 56.8 Å². The van der Waals surface area contributed by atoms with Crippen molar-refractivity contribution < 1.29 is 4.79 Å². The minimum absolute atomic E-state index is 0.274. The zero-order valence-electron chi connectivity index (χ0n) is 11.3. The van der Waals surface area contributed by atoms with Gasteiger partial charge in [0.1, 0.15) is 0 Å². The van der Waals surface area contributed by atoms with Gasteiger partial charge in [-0.3, -0.25) is 4.79 Å². The lowest BCUT2D eigenvalue weighted by molar-refractivity contribution is 0.0868. The fraction of sp³-hybridized carbons (Fsp3) is 0.562. The lowest BCUT2D eigenvalue weighted by Gasteiger charge is -2.25. The third kappa shape index (κ3) is 3.99. The van der Waals surface area contributed by atoms with Gasteiger partial charge in [-0.25, -0.2) is 0 Å². The van der Waals surface area contributed by atoms with Gasteiger partial charge in [0.15, 0.2) is 5.78 Å². The van der Waals surface area contributed by atoms with Crippen LogP contribution in [0.2, 0.25) is 0 Å². The molecule has 0 aromatic heterocycles. The van der Waals surface area contributed by atoms with E-state index in [1.54, 1.807) is 0 Å². The average Bonchev–Trinajstić information content (AvgIpc) is 2.41. The van der Waals surface area contributed by atoms with Gasteiger partial charge < -0.3 is 0 Å². The largest absolute Gasteiger partial charge is 0.294 e. The van der Waals surface area contributed by atoms with E-state index in [-0.39, 0.29) is 5.92 Å². The average molecular weight is 232 g/mol. The van der Waals surface area contributed by atoms with Gasteiger partial charge in [-0.2, -0.15) is 0 Å². The standard InChI is InChI=1S/C14H18O.C2H6/c1-11-6-5-9-13(10-11)14(15)12-7-3-2-4-8-12;1-2/h2-4,7-8,11,13H,5-6,9-10H2,1H3;1-2H3. The Hall–Kier alpha value is -1.11. The number of ketones is 1. The molecule has 1 nitrogen and oxygen atoms in total. The smallest absolute Gasteiger partial charge is 0.165 e. The van der Waals surface area contributed by atoms with Crippen molar-refractivity contribution in [3.05, 3.63) is 35.9 Å². The van der Waals surface area contributed by atoms with Crippen molar-refractivity contribution in [3.63, 3.8) is 0 Å². The fourth-order valence-electron chi connectivity index (χ4n) is 2.51. The van der Waals surface area contributed by atoms with Crippen molar-refractivity contribution in [2.24, 2.45) is 11.8 Å². The molecule has 94 valence electrons. The van der Waals surface area contributed by atoms with E-state index in [0.29, 0.717) is 5.78 Å². The molecule has 17 heavy (non-hydrogen) atoms. The Kier molecular flexibility index (Phi) is 5.96. The molecule has 1 saturated carbocycles. The van der Waals surface area contributed by atoms with Crippen LogP contribution in [0.15, 0.2) is 30.3 Å². The van der Waals surface area contributed by atoms with Crippen molar-refractivity contribution in [2.75, 3.05) is 0 Å². The lowest BCUT2D eigenvalue weighted by Crippen LogP contribution is -2.21. The first-order valence-corrected chi connectivity index (χ1v) is 6.86. The summed E-state index contributed by atoms with van der Waals surface area (Å²) >= 11 is 0. The molecule has 2 rings (SSSR count). The Bertz CT molecular complexity index is 329. The molecule has 0 bridgehead atoms. The molecule has 1 fully saturated rings. The van der Waals surface area contributed by atoms with E-state index in [0.717, 1.165) is 24.3 Å². The molecule has 2 unspecified atom stereocenters. The zero-order valence-corrected chi connectivity index (χ0v) is 11.3. The third-order valence-corrected chi connectivity index (χ3v) is 3.37. The number of Topliss-reactive ketones (excluding diaryl/α,β-unsaturated/α-hetero) is 1. The van der Waals surface area contributed by atoms with E-state index >= 15 is 0 Å². The van der Waals surface area contributed by atoms with E-state index in [1.165, 1.54) is 12.8 Å². The van der Waals surface area contributed by atoms with Gasteiger partial charge in [-0.05, 0) is 18.8 Å². The third-order valence-electron chi connectivity index (χ3n) is 3.37. The maximum Gasteiger partial charge on any atom is 0.165 e. The highest BCUT2D eigenvalue weighted by molar-refractivity contribution is 5.97. The van der Waals surface area contributed by atoms with Crippen molar-refractivity contribution in [3.8, 4) is 0 Å². The first-order chi connectivity index (χ1) is 8.27. The van der Waals surface area contributed by atoms with E-state index in [2.05, 4.69) is 6.92 Å². The summed E-state index contributed by atoms with van der Waals surface area (Å²) in [7, 11) is 0. The first kappa shape index (κ1) is 14.0. The normalized spacial score (nSPS) is 23.5. The second kappa shape index (κ2) is 7.26. The van der Waals surface area contributed by atoms with Crippen molar-refractivity contribution in [2.45, 2.75) is 46.5 Å². The number of benzene rings is 1. The van der Waals surface area contributed by atoms with E-state index in [9.17, 15) is 4.79 Å². The minimum atomic E-state index is 0.274. The highest BCUT2D eigenvalue weighted by atomic mass is 16.1. The molecule has 0 spiro atoms. The van der Waals surface area contributed by atoms with E-state index in [4.69, 9.17) is 0 Å². The molecule has 0 amide bonds. The summed E-state index contributed by atoms with van der Waals surface area (Å²) in [6.45, 7) is 6.25. The van der Waals surface area contributed by atoms with Crippen LogP contribution in [0.25, 0.3) is 0 Å². The molecular formula is C16H24O. The van der Waals surface area contributed by atoms with Crippen molar-refractivity contribution in [1.82, 2.24) is 0 Å². The van der Waals surface area contributed by atoms with Crippen molar-refractivity contribution >= 4 is 5.78 Å². The molecule has 1 aromatic carbocycles. The Morgan fingerprint density at radius 1 is 1.12 bits per heavy atom. The molecule has 1 heteroatoms. The van der Waals surface area contributed by atoms with Crippen LogP contribution in [0.3, 0.4) is 0 Å². The van der Waals surface area contributed by atoms with E-state index < -0.39 is 0 Å². The summed E-state index contributed by atoms with van der Waals surface area (Å²) in [5.74, 6) is 1.34. The maximum absolute atomic E-state index is 12.1. The van der Waals surface area contributed by atoms with Crippen LogP contribution < -0.4 is 0 Å². The molecular weight excluding hydrogens is 208 g/mol. The van der Waals surface area contributed by atoms with Gasteiger partial charge in [0, 0.05) is 11.5 Å². The van der Waals surface area contributed by atoms with Crippen LogP contribution in [0, 0.1) is 11.8 Å². The van der Waals surface area contributed by atoms with Gasteiger partial charge in [-0.1, -0.05) is 63.9 Å². The Morgan fingerprint density at radius 2 is 1.76 bits per heavy atom. The molecule has 1 aliphatic carbocycles. The molecule has 0 radical (unpaired) electrons. The summed E-state index contributed by atoms with van der Waals surface area (Å²) in [4.78, 5) is 12.1. The number of rotatable bonds is 2. The summed E-state index contributed by atoms with van der Waals surface area (Å²) < 4.78 is 0. The number of hydrogen-bond donors (Lipinski definition) is 0. The Balaban J connectivity index is 0.000000686. The van der Waals surface area contributed by atoms with Crippen LogP contribution >= 0.6 is 0 Å². The molecule has 2 atom stereocenters.